The van der Waals surface area contributed by atoms with Crippen LogP contribution in [-0.2, 0) is 27.1 Å². The molecule has 0 spiro atoms. The first-order chi connectivity index (χ1) is 14.7. The molecule has 168 valence electrons. The zero-order chi connectivity index (χ0) is 22.4. The van der Waals surface area contributed by atoms with Gasteiger partial charge in [0.05, 0.1) is 18.9 Å². The van der Waals surface area contributed by atoms with E-state index in [9.17, 15) is 13.2 Å². The molecule has 0 aliphatic carbocycles. The van der Waals surface area contributed by atoms with E-state index in [4.69, 9.17) is 16.3 Å². The Morgan fingerprint density at radius 3 is 2.55 bits per heavy atom. The minimum Gasteiger partial charge on any atom is -0.370 e. The van der Waals surface area contributed by atoms with Crippen molar-refractivity contribution in [3.8, 4) is 0 Å². The molecule has 0 radical (unpaired) electrons. The Balaban J connectivity index is 1.63. The Kier molecular flexibility index (Phi) is 7.94. The SMILES string of the molecule is CC(C)NS(=O)(=O)Cc1ccccc1CNC(=O)N1CCOC(c2ccccc2Cl)C1. The molecule has 3 rings (SSSR count). The van der Waals surface area contributed by atoms with Crippen LogP contribution in [0.25, 0.3) is 0 Å². The highest BCUT2D eigenvalue weighted by molar-refractivity contribution is 7.88. The summed E-state index contributed by atoms with van der Waals surface area (Å²) in [5.74, 6) is -0.136. The molecule has 2 amide bonds. The van der Waals surface area contributed by atoms with Crippen molar-refractivity contribution in [1.29, 1.82) is 0 Å². The highest BCUT2D eigenvalue weighted by Gasteiger charge is 2.26. The van der Waals surface area contributed by atoms with Crippen LogP contribution in [-0.4, -0.2) is 45.1 Å². The van der Waals surface area contributed by atoms with Crippen LogP contribution >= 0.6 is 11.6 Å². The lowest BCUT2D eigenvalue weighted by atomic mass is 10.1. The molecule has 1 aliphatic rings. The maximum absolute atomic E-state index is 12.8. The van der Waals surface area contributed by atoms with Crippen LogP contribution in [0.2, 0.25) is 5.02 Å². The predicted octanol–water partition coefficient (Wildman–Crippen LogP) is 3.45. The number of carbonyl (C=O) groups excluding carboxylic acids is 1. The maximum Gasteiger partial charge on any atom is 0.317 e. The summed E-state index contributed by atoms with van der Waals surface area (Å²) in [7, 11) is -3.46. The molecule has 0 bridgehead atoms. The molecule has 31 heavy (non-hydrogen) atoms. The van der Waals surface area contributed by atoms with E-state index in [0.717, 1.165) is 11.1 Å². The molecule has 2 aromatic carbocycles. The third-order valence-electron chi connectivity index (χ3n) is 4.92. The minimum atomic E-state index is -3.46. The molecule has 2 N–H and O–H groups in total. The molecule has 1 heterocycles. The van der Waals surface area contributed by atoms with E-state index in [-0.39, 0.29) is 30.5 Å². The van der Waals surface area contributed by atoms with Crippen molar-refractivity contribution in [2.75, 3.05) is 19.7 Å². The second kappa shape index (κ2) is 10.5. The van der Waals surface area contributed by atoms with Gasteiger partial charge in [-0.2, -0.15) is 0 Å². The summed E-state index contributed by atoms with van der Waals surface area (Å²) in [6.07, 6.45) is -0.285. The van der Waals surface area contributed by atoms with Gasteiger partial charge < -0.3 is 15.0 Å². The van der Waals surface area contributed by atoms with Gasteiger partial charge in [-0.3, -0.25) is 0 Å². The lowest BCUT2D eigenvalue weighted by Gasteiger charge is -2.33. The molecular weight excluding hydrogens is 438 g/mol. The number of ether oxygens (including phenoxy) is 1. The second-order valence-electron chi connectivity index (χ2n) is 7.79. The quantitative estimate of drug-likeness (QED) is 0.655. The first-order valence-corrected chi connectivity index (χ1v) is 12.2. The number of halogens is 1. The smallest absolute Gasteiger partial charge is 0.317 e. The normalized spacial score (nSPS) is 17.0. The molecule has 1 saturated heterocycles. The summed E-state index contributed by atoms with van der Waals surface area (Å²) in [4.78, 5) is 14.5. The van der Waals surface area contributed by atoms with Crippen LogP contribution in [0.15, 0.2) is 48.5 Å². The van der Waals surface area contributed by atoms with Crippen LogP contribution < -0.4 is 10.0 Å². The number of nitrogens with one attached hydrogen (secondary N) is 2. The van der Waals surface area contributed by atoms with E-state index in [1.165, 1.54) is 0 Å². The highest BCUT2D eigenvalue weighted by Crippen LogP contribution is 2.28. The molecule has 0 saturated carbocycles. The Hall–Kier alpha value is -2.13. The van der Waals surface area contributed by atoms with Crippen LogP contribution in [0.3, 0.4) is 0 Å². The number of morpholine rings is 1. The van der Waals surface area contributed by atoms with Gasteiger partial charge in [0, 0.05) is 29.7 Å². The second-order valence-corrected chi connectivity index (χ2v) is 9.95. The number of hydrogen-bond acceptors (Lipinski definition) is 4. The van der Waals surface area contributed by atoms with Crippen LogP contribution in [0.5, 0.6) is 0 Å². The Bertz CT molecular complexity index is 1010. The molecule has 2 aromatic rings. The highest BCUT2D eigenvalue weighted by atomic mass is 35.5. The van der Waals surface area contributed by atoms with Crippen molar-refractivity contribution in [2.45, 2.75) is 38.3 Å². The van der Waals surface area contributed by atoms with E-state index in [1.54, 1.807) is 36.9 Å². The summed E-state index contributed by atoms with van der Waals surface area (Å²) < 4.78 is 33.0. The van der Waals surface area contributed by atoms with E-state index in [0.29, 0.717) is 30.3 Å². The molecule has 1 fully saturated rings. The number of sulfonamides is 1. The number of hydrogen-bond donors (Lipinski definition) is 2. The van der Waals surface area contributed by atoms with Gasteiger partial charge in [0.25, 0.3) is 0 Å². The molecule has 9 heteroatoms. The number of benzene rings is 2. The average Bonchev–Trinajstić information content (AvgIpc) is 2.72. The van der Waals surface area contributed by atoms with Gasteiger partial charge in [-0.05, 0) is 31.0 Å². The summed E-state index contributed by atoms with van der Waals surface area (Å²) >= 11 is 6.27. The van der Waals surface area contributed by atoms with Crippen molar-refractivity contribution >= 4 is 27.7 Å². The molecule has 1 atom stereocenters. The Morgan fingerprint density at radius 1 is 1.16 bits per heavy atom. The number of rotatable bonds is 7. The maximum atomic E-state index is 12.8. The lowest BCUT2D eigenvalue weighted by Crippen LogP contribution is -2.47. The zero-order valence-electron chi connectivity index (χ0n) is 17.7. The summed E-state index contributed by atoms with van der Waals surface area (Å²) in [5.41, 5.74) is 2.28. The summed E-state index contributed by atoms with van der Waals surface area (Å²) in [6.45, 7) is 5.08. The van der Waals surface area contributed by atoms with Crippen molar-refractivity contribution < 1.29 is 17.9 Å². The van der Waals surface area contributed by atoms with Crippen LogP contribution in [0, 0.1) is 0 Å². The molecule has 7 nitrogen and oxygen atoms in total. The summed E-state index contributed by atoms with van der Waals surface area (Å²) in [5, 5.41) is 3.52. The zero-order valence-corrected chi connectivity index (χ0v) is 19.2. The topological polar surface area (TPSA) is 87.7 Å². The van der Waals surface area contributed by atoms with Gasteiger partial charge in [-0.15, -0.1) is 0 Å². The van der Waals surface area contributed by atoms with E-state index in [2.05, 4.69) is 10.0 Å². The van der Waals surface area contributed by atoms with Crippen molar-refractivity contribution in [2.24, 2.45) is 0 Å². The van der Waals surface area contributed by atoms with E-state index < -0.39 is 10.0 Å². The fourth-order valence-corrected chi connectivity index (χ4v) is 5.27. The van der Waals surface area contributed by atoms with Crippen molar-refractivity contribution in [3.63, 3.8) is 0 Å². The lowest BCUT2D eigenvalue weighted by molar-refractivity contribution is -0.0154. The molecule has 1 aliphatic heterocycles. The van der Waals surface area contributed by atoms with E-state index in [1.807, 2.05) is 30.3 Å². The van der Waals surface area contributed by atoms with Crippen LogP contribution in [0.4, 0.5) is 4.79 Å². The first-order valence-electron chi connectivity index (χ1n) is 10.2. The standard InChI is InChI=1S/C22H28ClN3O4S/c1-16(2)25-31(28,29)15-18-8-4-3-7-17(18)13-24-22(27)26-11-12-30-21(14-26)19-9-5-6-10-20(19)23/h3-10,16,21,25H,11-15H2,1-2H3,(H,24,27). The van der Waals surface area contributed by atoms with Gasteiger partial charge in [0.1, 0.15) is 6.10 Å². The molecule has 0 aromatic heterocycles. The fourth-order valence-electron chi connectivity index (χ4n) is 3.52. The largest absolute Gasteiger partial charge is 0.370 e. The predicted molar refractivity (Wildman–Crippen MR) is 121 cm³/mol. The van der Waals surface area contributed by atoms with Crippen LogP contribution in [0.1, 0.15) is 36.6 Å². The van der Waals surface area contributed by atoms with Crippen molar-refractivity contribution in [3.05, 3.63) is 70.2 Å². The van der Waals surface area contributed by atoms with Gasteiger partial charge in [0.2, 0.25) is 10.0 Å². The first kappa shape index (κ1) is 23.5. The Labute approximate surface area is 188 Å². The van der Waals surface area contributed by atoms with E-state index >= 15 is 0 Å². The van der Waals surface area contributed by atoms with Gasteiger partial charge in [-0.1, -0.05) is 54.1 Å². The van der Waals surface area contributed by atoms with Gasteiger partial charge in [-0.25, -0.2) is 17.9 Å². The number of carbonyl (C=O) groups is 1. The Morgan fingerprint density at radius 2 is 1.84 bits per heavy atom. The molecular formula is C22H28ClN3O4S. The molecule has 1 unspecified atom stereocenters. The third-order valence-corrected chi connectivity index (χ3v) is 6.78. The van der Waals surface area contributed by atoms with Crippen molar-refractivity contribution in [1.82, 2.24) is 14.9 Å². The van der Waals surface area contributed by atoms with Gasteiger partial charge >= 0.3 is 6.03 Å². The average molecular weight is 466 g/mol. The number of urea groups is 1. The third kappa shape index (κ3) is 6.67. The monoisotopic (exact) mass is 465 g/mol. The number of nitrogens with zero attached hydrogens (tertiary/aromatic N) is 1. The fraction of sp³-hybridized carbons (Fsp3) is 0.409. The van der Waals surface area contributed by atoms with Gasteiger partial charge in [0.15, 0.2) is 0 Å². The minimum absolute atomic E-state index is 0.136. The number of amides is 2. The summed E-state index contributed by atoms with van der Waals surface area (Å²) in [6, 6.07) is 14.3.